The van der Waals surface area contributed by atoms with Crippen LogP contribution >= 0.6 is 0 Å². The molecule has 0 aromatic carbocycles. The Labute approximate surface area is 56.0 Å². The maximum absolute atomic E-state index is 11.0. The van der Waals surface area contributed by atoms with Crippen molar-refractivity contribution < 1.29 is 36.2 Å². The van der Waals surface area contributed by atoms with E-state index in [4.69, 9.17) is 5.11 Å². The van der Waals surface area contributed by atoms with Crippen LogP contribution in [0.1, 0.15) is 0 Å². The van der Waals surface area contributed by atoms with Gasteiger partial charge in [0.1, 0.15) is 0 Å². The summed E-state index contributed by atoms with van der Waals surface area (Å²) in [6, 6.07) is 0. The van der Waals surface area contributed by atoms with Crippen molar-refractivity contribution in [3.8, 4) is 0 Å². The molecule has 8 heteroatoms. The van der Waals surface area contributed by atoms with Crippen molar-refractivity contribution in [3.63, 3.8) is 0 Å². The highest BCUT2D eigenvalue weighted by Crippen LogP contribution is 2.32. The van der Waals surface area contributed by atoms with Crippen LogP contribution in [0.15, 0.2) is 0 Å². The minimum absolute atomic E-state index is 0. The highest BCUT2D eigenvalue weighted by atomic mass is 19.4. The highest BCUT2D eigenvalue weighted by Gasteiger charge is 2.55. The van der Waals surface area contributed by atoms with Crippen LogP contribution in [-0.2, 0) is 0 Å². The van der Waals surface area contributed by atoms with Crippen molar-refractivity contribution in [2.45, 2.75) is 18.5 Å². The normalized spacial score (nSPS) is 13.1. The minimum Gasteiger partial charge on any atom is -0.377 e. The molecule has 0 atom stereocenters. The molecule has 0 rings (SSSR count). The lowest BCUT2D eigenvalue weighted by molar-refractivity contribution is -0.308. The molecule has 11 heavy (non-hydrogen) atoms. The van der Waals surface area contributed by atoms with Crippen LogP contribution in [-0.4, -0.2) is 23.6 Å². The summed E-state index contributed by atoms with van der Waals surface area (Å²) in [6.07, 6.45) is -15.5. The molecule has 0 unspecified atom stereocenters. The molecule has 70 valence electrons. The Balaban J connectivity index is 0. The lowest BCUT2D eigenvalue weighted by atomic mass is 10.3. The number of aliphatic hydroxyl groups is 1. The summed E-state index contributed by atoms with van der Waals surface area (Å²) in [5.74, 6) is 0. The molecule has 0 aliphatic heterocycles. The zero-order valence-corrected chi connectivity index (χ0v) is 4.70. The summed E-state index contributed by atoms with van der Waals surface area (Å²) in [5.41, 5.74) is 0. The van der Waals surface area contributed by atoms with Crippen molar-refractivity contribution in [3.05, 3.63) is 0 Å². The fraction of sp³-hybridized carbons (Fsp3) is 1.00. The topological polar surface area (TPSA) is 20.2 Å². The molecule has 0 aliphatic rings. The molecule has 0 heterocycles. The van der Waals surface area contributed by atoms with Gasteiger partial charge < -0.3 is 5.11 Å². The first-order valence-corrected chi connectivity index (χ1v) is 1.97. The van der Waals surface area contributed by atoms with Crippen LogP contribution in [0.4, 0.5) is 31.0 Å². The molecule has 1 nitrogen and oxygen atoms in total. The van der Waals surface area contributed by atoms with E-state index in [1.165, 1.54) is 0 Å². The van der Waals surface area contributed by atoms with Crippen LogP contribution in [0.2, 0.25) is 0 Å². The zero-order valence-electron chi connectivity index (χ0n) is 4.70. The fourth-order valence-electron chi connectivity index (χ4n) is 0.186. The first kappa shape index (κ1) is 13.1. The Morgan fingerprint density at radius 2 is 1.00 bits per heavy atom. The van der Waals surface area contributed by atoms with Crippen LogP contribution < -0.4 is 0 Å². The number of alkyl halides is 6. The van der Waals surface area contributed by atoms with E-state index in [0.29, 0.717) is 0 Å². The van der Waals surface area contributed by atoms with Gasteiger partial charge in [-0.05, 0) is 0 Å². The molecule has 0 aromatic heterocycles. The van der Waals surface area contributed by atoms with E-state index in [1.54, 1.807) is 0 Å². The summed E-state index contributed by atoms with van der Waals surface area (Å²) in [4.78, 5) is 0. The van der Waals surface area contributed by atoms with Crippen molar-refractivity contribution in [2.75, 3.05) is 0 Å². The van der Waals surface area contributed by atoms with Crippen molar-refractivity contribution in [2.24, 2.45) is 0 Å². The first-order chi connectivity index (χ1) is 4.15. The number of hydrogen-bond donors (Lipinski definition) is 1. The molecule has 1 N–H and O–H groups in total. The smallest absolute Gasteiger partial charge is 0.377 e. The molecular formula is C3H3F7O. The van der Waals surface area contributed by atoms with E-state index in [2.05, 4.69) is 0 Å². The predicted octanol–water partition coefficient (Wildman–Crippen LogP) is 1.62. The SMILES string of the molecule is F.OC(C(F)(F)F)C(F)(F)F. The summed E-state index contributed by atoms with van der Waals surface area (Å²) < 4.78 is 65.9. The third kappa shape index (κ3) is 4.02. The van der Waals surface area contributed by atoms with Crippen LogP contribution in [0, 0.1) is 0 Å². The molecule has 0 radical (unpaired) electrons. The number of hydrogen-bond acceptors (Lipinski definition) is 1. The van der Waals surface area contributed by atoms with Gasteiger partial charge in [-0.1, -0.05) is 0 Å². The van der Waals surface area contributed by atoms with Gasteiger partial charge in [0.15, 0.2) is 0 Å². The maximum atomic E-state index is 11.0. The quantitative estimate of drug-likeness (QED) is 0.572. The number of halogens is 7. The third-order valence-electron chi connectivity index (χ3n) is 0.620. The van der Waals surface area contributed by atoms with Crippen LogP contribution in [0.3, 0.4) is 0 Å². The predicted molar refractivity (Wildman–Crippen MR) is 20.6 cm³/mol. The molecule has 0 fully saturated rings. The van der Waals surface area contributed by atoms with E-state index in [-0.39, 0.29) is 4.70 Å². The van der Waals surface area contributed by atoms with Gasteiger partial charge in [0.25, 0.3) is 0 Å². The van der Waals surface area contributed by atoms with Gasteiger partial charge in [-0.15, -0.1) is 0 Å². The van der Waals surface area contributed by atoms with Gasteiger partial charge in [0.05, 0.1) is 0 Å². The summed E-state index contributed by atoms with van der Waals surface area (Å²) in [7, 11) is 0. The fourth-order valence-corrected chi connectivity index (χ4v) is 0.186. The van der Waals surface area contributed by atoms with E-state index in [0.717, 1.165) is 0 Å². The van der Waals surface area contributed by atoms with Gasteiger partial charge in [-0.3, -0.25) is 4.70 Å². The zero-order chi connectivity index (χ0) is 8.58. The second kappa shape index (κ2) is 3.24. The second-order valence-electron chi connectivity index (χ2n) is 1.49. The molecule has 0 aromatic rings. The van der Waals surface area contributed by atoms with Crippen LogP contribution in [0.25, 0.3) is 0 Å². The Bertz CT molecular complexity index is 97.8. The van der Waals surface area contributed by atoms with Gasteiger partial charge in [-0.2, -0.15) is 26.3 Å². The largest absolute Gasteiger partial charge is 0.423 e. The molecule has 0 spiro atoms. The first-order valence-electron chi connectivity index (χ1n) is 1.97. The number of aliphatic hydroxyl groups excluding tert-OH is 1. The molecule has 0 saturated carbocycles. The average molecular weight is 188 g/mol. The molecule has 0 amide bonds. The lowest BCUT2D eigenvalue weighted by Crippen LogP contribution is -2.41. The van der Waals surface area contributed by atoms with Crippen molar-refractivity contribution in [1.82, 2.24) is 0 Å². The standard InChI is InChI=1S/C3H2F6O.FH/c4-2(5,6)1(10)3(7,8)9;/h1,10H;1H. The van der Waals surface area contributed by atoms with E-state index in [9.17, 15) is 26.3 Å². The Morgan fingerprint density at radius 3 is 1.00 bits per heavy atom. The van der Waals surface area contributed by atoms with E-state index in [1.807, 2.05) is 0 Å². The maximum Gasteiger partial charge on any atom is 0.423 e. The van der Waals surface area contributed by atoms with Gasteiger partial charge in [-0.25, -0.2) is 0 Å². The Kier molecular flexibility index (Phi) is 3.86. The van der Waals surface area contributed by atoms with E-state index >= 15 is 0 Å². The monoisotopic (exact) mass is 188 g/mol. The van der Waals surface area contributed by atoms with Crippen molar-refractivity contribution in [1.29, 1.82) is 0 Å². The lowest BCUT2D eigenvalue weighted by Gasteiger charge is -2.16. The van der Waals surface area contributed by atoms with Crippen molar-refractivity contribution >= 4 is 0 Å². The van der Waals surface area contributed by atoms with Gasteiger partial charge >= 0.3 is 12.4 Å². The molecule has 0 bridgehead atoms. The van der Waals surface area contributed by atoms with E-state index < -0.39 is 18.5 Å². The second-order valence-corrected chi connectivity index (χ2v) is 1.49. The van der Waals surface area contributed by atoms with Gasteiger partial charge in [0, 0.05) is 0 Å². The Hall–Kier alpha value is -0.530. The summed E-state index contributed by atoms with van der Waals surface area (Å²) in [6.45, 7) is 0. The molecule has 0 aliphatic carbocycles. The highest BCUT2D eigenvalue weighted by molar-refractivity contribution is 4.72. The number of rotatable bonds is 0. The summed E-state index contributed by atoms with van der Waals surface area (Å²) in [5, 5.41) is 7.47. The Morgan fingerprint density at radius 1 is 0.818 bits per heavy atom. The average Bonchev–Trinajstić information content (AvgIpc) is 1.59. The van der Waals surface area contributed by atoms with Crippen LogP contribution in [0.5, 0.6) is 0 Å². The van der Waals surface area contributed by atoms with Gasteiger partial charge in [0.2, 0.25) is 6.10 Å². The minimum atomic E-state index is -5.63. The third-order valence-corrected chi connectivity index (χ3v) is 0.620. The molecule has 0 saturated heterocycles. The molecular weight excluding hydrogens is 185 g/mol. The summed E-state index contributed by atoms with van der Waals surface area (Å²) >= 11 is 0.